The van der Waals surface area contributed by atoms with Crippen LogP contribution >= 0.6 is 0 Å². The largest absolute Gasteiger partial charge is 0.497 e. The summed E-state index contributed by atoms with van der Waals surface area (Å²) in [7, 11) is 1.63. The summed E-state index contributed by atoms with van der Waals surface area (Å²) < 4.78 is 5.10. The molecule has 0 aliphatic carbocycles. The van der Waals surface area contributed by atoms with Crippen molar-refractivity contribution >= 4 is 12.3 Å². The molecule has 1 rings (SSSR count). The van der Waals surface area contributed by atoms with Crippen molar-refractivity contribution in [3.05, 3.63) is 78.2 Å². The van der Waals surface area contributed by atoms with Crippen molar-refractivity contribution in [2.24, 2.45) is 4.99 Å². The van der Waals surface area contributed by atoms with Gasteiger partial charge in [0.2, 0.25) is 0 Å². The van der Waals surface area contributed by atoms with Crippen LogP contribution in [0.3, 0.4) is 0 Å². The van der Waals surface area contributed by atoms with Crippen LogP contribution in [0.2, 0.25) is 0 Å². The van der Waals surface area contributed by atoms with Crippen LogP contribution in [0.4, 0.5) is 0 Å². The molecule has 0 fully saturated rings. The summed E-state index contributed by atoms with van der Waals surface area (Å²) in [4.78, 5) is 4.20. The highest BCUT2D eigenvalue weighted by Gasteiger charge is 1.86. The summed E-state index contributed by atoms with van der Waals surface area (Å²) in [5, 5.41) is 0. The summed E-state index contributed by atoms with van der Waals surface area (Å²) >= 11 is 0. The van der Waals surface area contributed by atoms with Crippen molar-refractivity contribution in [1.82, 2.24) is 0 Å². The van der Waals surface area contributed by atoms with E-state index in [1.54, 1.807) is 13.3 Å². The van der Waals surface area contributed by atoms with Gasteiger partial charge in [-0.15, -0.1) is 0 Å². The monoisotopic (exact) mass is 253 g/mol. The van der Waals surface area contributed by atoms with Crippen LogP contribution in [0, 0.1) is 0 Å². The first-order chi connectivity index (χ1) is 9.26. The lowest BCUT2D eigenvalue weighted by atomic mass is 10.2. The van der Waals surface area contributed by atoms with E-state index < -0.39 is 0 Å². The van der Waals surface area contributed by atoms with Crippen LogP contribution in [0.5, 0.6) is 0 Å². The van der Waals surface area contributed by atoms with E-state index in [2.05, 4.69) is 11.6 Å². The molecule has 0 radical (unpaired) electrons. The molecule has 98 valence electrons. The summed E-state index contributed by atoms with van der Waals surface area (Å²) in [6.45, 7) is 5.75. The molecule has 0 aromatic heterocycles. The smallest absolute Gasteiger partial charge is 0.114 e. The second-order valence-corrected chi connectivity index (χ2v) is 3.77. The molecule has 0 atom stereocenters. The lowest BCUT2D eigenvalue weighted by Crippen LogP contribution is -1.80. The van der Waals surface area contributed by atoms with Crippen molar-refractivity contribution in [2.75, 3.05) is 7.11 Å². The number of rotatable bonds is 6. The molecule has 2 nitrogen and oxygen atoms in total. The molecule has 1 aromatic rings. The number of hydrogen-bond donors (Lipinski definition) is 0. The molecule has 0 heterocycles. The average Bonchev–Trinajstić information content (AvgIpc) is 2.46. The molecule has 1 aromatic carbocycles. The molecule has 0 saturated heterocycles. The predicted octanol–water partition coefficient (Wildman–Crippen LogP) is 4.39. The quantitative estimate of drug-likeness (QED) is 0.418. The maximum Gasteiger partial charge on any atom is 0.114 e. The van der Waals surface area contributed by atoms with Crippen molar-refractivity contribution in [1.29, 1.82) is 0 Å². The number of methoxy groups -OCH3 is 1. The Balaban J connectivity index is 2.49. The van der Waals surface area contributed by atoms with Crippen molar-refractivity contribution in [3.8, 4) is 0 Å². The maximum absolute atomic E-state index is 5.10. The first-order valence-corrected chi connectivity index (χ1v) is 6.09. The minimum atomic E-state index is 0.675. The van der Waals surface area contributed by atoms with Gasteiger partial charge >= 0.3 is 0 Å². The molecular formula is C17H19NO. The van der Waals surface area contributed by atoms with E-state index in [0.717, 1.165) is 11.3 Å². The summed E-state index contributed by atoms with van der Waals surface area (Å²) in [5.41, 5.74) is 1.82. The van der Waals surface area contributed by atoms with Crippen molar-refractivity contribution < 1.29 is 4.74 Å². The van der Waals surface area contributed by atoms with E-state index in [4.69, 9.17) is 4.74 Å². The van der Waals surface area contributed by atoms with E-state index in [-0.39, 0.29) is 0 Å². The molecule has 0 spiro atoms. The molecule has 0 unspecified atom stereocenters. The molecule has 0 aliphatic heterocycles. The molecule has 19 heavy (non-hydrogen) atoms. The van der Waals surface area contributed by atoms with Gasteiger partial charge in [0.15, 0.2) is 0 Å². The predicted molar refractivity (Wildman–Crippen MR) is 83.0 cm³/mol. The third-order valence-electron chi connectivity index (χ3n) is 2.37. The molecule has 0 amide bonds. The number of nitrogens with zero attached hydrogens (tertiary/aromatic N) is 1. The van der Waals surface area contributed by atoms with Gasteiger partial charge in [0.05, 0.1) is 12.8 Å². The molecule has 0 saturated carbocycles. The fraction of sp³-hybridized carbons (Fsp3) is 0.118. The highest BCUT2D eigenvalue weighted by Crippen LogP contribution is 2.02. The molecule has 0 aliphatic rings. The Hall–Kier alpha value is -2.35. The molecule has 2 heteroatoms. The molecule has 0 N–H and O–H groups in total. The number of ether oxygens (including phenoxy) is 1. The fourth-order valence-electron chi connectivity index (χ4n) is 1.36. The van der Waals surface area contributed by atoms with Gasteiger partial charge in [-0.1, -0.05) is 43.0 Å². The Morgan fingerprint density at radius 1 is 1.21 bits per heavy atom. The number of hydrogen-bond acceptors (Lipinski definition) is 2. The van der Waals surface area contributed by atoms with Crippen LogP contribution in [-0.2, 0) is 4.74 Å². The highest BCUT2D eigenvalue weighted by molar-refractivity contribution is 5.79. The van der Waals surface area contributed by atoms with E-state index in [9.17, 15) is 0 Å². The van der Waals surface area contributed by atoms with Gasteiger partial charge in [-0.3, -0.25) is 4.99 Å². The van der Waals surface area contributed by atoms with Gasteiger partial charge in [-0.05, 0) is 36.8 Å². The fourth-order valence-corrected chi connectivity index (χ4v) is 1.36. The van der Waals surface area contributed by atoms with Crippen molar-refractivity contribution in [2.45, 2.75) is 6.92 Å². The summed E-state index contributed by atoms with van der Waals surface area (Å²) in [5.74, 6) is 0.788. The lowest BCUT2D eigenvalue weighted by Gasteiger charge is -1.97. The van der Waals surface area contributed by atoms with Gasteiger partial charge < -0.3 is 4.74 Å². The first-order valence-electron chi connectivity index (χ1n) is 6.09. The maximum atomic E-state index is 5.10. The van der Waals surface area contributed by atoms with Gasteiger partial charge in [0.25, 0.3) is 0 Å². The Morgan fingerprint density at radius 2 is 1.95 bits per heavy atom. The Morgan fingerprint density at radius 3 is 2.58 bits per heavy atom. The van der Waals surface area contributed by atoms with Crippen LogP contribution < -0.4 is 0 Å². The Labute approximate surface area is 115 Å². The standard InChI is InChI=1S/C17H19NO/c1-4-17(19-3)13-12-15(2)18-14-8-11-16-9-6-5-7-10-16/h4-14H,2H2,1,3H3/b11-8+,13-12-,17-4+,18-14?. The summed E-state index contributed by atoms with van der Waals surface area (Å²) in [6.07, 6.45) is 11.1. The van der Waals surface area contributed by atoms with E-state index in [0.29, 0.717) is 5.70 Å². The topological polar surface area (TPSA) is 21.6 Å². The number of benzene rings is 1. The van der Waals surface area contributed by atoms with Gasteiger partial charge in [0.1, 0.15) is 5.76 Å². The Kier molecular flexibility index (Phi) is 6.73. The van der Waals surface area contributed by atoms with Crippen LogP contribution in [-0.4, -0.2) is 13.3 Å². The third kappa shape index (κ3) is 6.22. The zero-order valence-electron chi connectivity index (χ0n) is 11.4. The number of allylic oxidation sites excluding steroid dienone is 4. The van der Waals surface area contributed by atoms with Crippen molar-refractivity contribution in [3.63, 3.8) is 0 Å². The van der Waals surface area contributed by atoms with E-state index in [1.807, 2.05) is 67.6 Å². The molecular weight excluding hydrogens is 234 g/mol. The SMILES string of the molecule is C=C(/C=C\C(=C/C)OC)N=C/C=C/c1ccccc1. The van der Waals surface area contributed by atoms with E-state index >= 15 is 0 Å². The third-order valence-corrected chi connectivity index (χ3v) is 2.37. The van der Waals surface area contributed by atoms with Gasteiger partial charge in [0, 0.05) is 6.21 Å². The zero-order chi connectivity index (χ0) is 13.9. The van der Waals surface area contributed by atoms with Gasteiger partial charge in [-0.25, -0.2) is 0 Å². The Bertz CT molecular complexity index is 507. The minimum absolute atomic E-state index is 0.675. The van der Waals surface area contributed by atoms with Crippen LogP contribution in [0.25, 0.3) is 6.08 Å². The summed E-state index contributed by atoms with van der Waals surface area (Å²) in [6, 6.07) is 10.1. The average molecular weight is 253 g/mol. The molecule has 0 bridgehead atoms. The second kappa shape index (κ2) is 8.70. The first kappa shape index (κ1) is 14.7. The van der Waals surface area contributed by atoms with E-state index in [1.165, 1.54) is 0 Å². The van der Waals surface area contributed by atoms with Crippen LogP contribution in [0.15, 0.2) is 77.7 Å². The highest BCUT2D eigenvalue weighted by atomic mass is 16.5. The lowest BCUT2D eigenvalue weighted by molar-refractivity contribution is 0.306. The number of aliphatic imine (C=N–C) groups is 1. The zero-order valence-corrected chi connectivity index (χ0v) is 11.4. The minimum Gasteiger partial charge on any atom is -0.497 e. The van der Waals surface area contributed by atoms with Crippen LogP contribution in [0.1, 0.15) is 12.5 Å². The second-order valence-electron chi connectivity index (χ2n) is 3.77. The van der Waals surface area contributed by atoms with Gasteiger partial charge in [-0.2, -0.15) is 0 Å². The normalized spacial score (nSPS) is 12.6.